The van der Waals surface area contributed by atoms with E-state index in [1.165, 1.54) is 54.8 Å². The van der Waals surface area contributed by atoms with E-state index in [9.17, 15) is 34.2 Å². The van der Waals surface area contributed by atoms with E-state index in [4.69, 9.17) is 0 Å². The minimum absolute atomic E-state index is 0.0199. The van der Waals surface area contributed by atoms with Crippen LogP contribution in [0.3, 0.4) is 0 Å². The highest BCUT2D eigenvalue weighted by atomic mass is 19.1. The highest BCUT2D eigenvalue weighted by molar-refractivity contribution is 6.24. The van der Waals surface area contributed by atoms with Crippen LogP contribution in [-0.4, -0.2) is 39.5 Å². The van der Waals surface area contributed by atoms with E-state index in [0.717, 1.165) is 17.0 Å². The molecule has 2 amide bonds. The van der Waals surface area contributed by atoms with E-state index in [1.54, 1.807) is 4.90 Å². The van der Waals surface area contributed by atoms with E-state index >= 15 is 0 Å². The summed E-state index contributed by atoms with van der Waals surface area (Å²) in [5, 5.41) is 20.5. The Balaban J connectivity index is 1.61. The molecular weight excluding hydrogens is 443 g/mol. The standard InChI is InChI=1S/C24H15FN4O5/c25-15-4-2-5-16(11-15)28-23(31)19-18-9-13(12-26)7-8-27(18)21(20(19)24(28)32)22(30)14-3-1-6-17(10-14)29(33)34/h1-11,18-21H/t18-,19+,20+,21+/m1/s1. The minimum Gasteiger partial charge on any atom is -0.359 e. The Morgan fingerprint density at radius 3 is 2.53 bits per heavy atom. The quantitative estimate of drug-likeness (QED) is 0.299. The Morgan fingerprint density at radius 2 is 1.82 bits per heavy atom. The highest BCUT2D eigenvalue weighted by Gasteiger charge is 2.63. The largest absolute Gasteiger partial charge is 0.359 e. The van der Waals surface area contributed by atoms with Gasteiger partial charge in [0.1, 0.15) is 11.9 Å². The summed E-state index contributed by atoms with van der Waals surface area (Å²) in [6.07, 6.45) is 4.50. The summed E-state index contributed by atoms with van der Waals surface area (Å²) in [5.41, 5.74) is 0.0563. The molecule has 9 nitrogen and oxygen atoms in total. The molecule has 10 heteroatoms. The number of nitrogens with zero attached hydrogens (tertiary/aromatic N) is 4. The molecule has 2 fully saturated rings. The fourth-order valence-corrected chi connectivity index (χ4v) is 4.93. The van der Waals surface area contributed by atoms with Crippen LogP contribution in [0.1, 0.15) is 10.4 Å². The molecule has 34 heavy (non-hydrogen) atoms. The second kappa shape index (κ2) is 7.74. The summed E-state index contributed by atoms with van der Waals surface area (Å²) in [4.78, 5) is 53.5. The van der Waals surface area contributed by atoms with Crippen molar-refractivity contribution >= 4 is 29.0 Å². The third kappa shape index (κ3) is 3.09. The molecule has 3 heterocycles. The predicted octanol–water partition coefficient (Wildman–Crippen LogP) is 2.75. The smallest absolute Gasteiger partial charge is 0.270 e. The summed E-state index contributed by atoms with van der Waals surface area (Å²) < 4.78 is 13.8. The number of anilines is 1. The number of nitro groups is 1. The normalized spacial score (nSPS) is 25.0. The Morgan fingerprint density at radius 1 is 1.09 bits per heavy atom. The zero-order chi connectivity index (χ0) is 24.1. The minimum atomic E-state index is -1.14. The Hall–Kier alpha value is -4.65. The lowest BCUT2D eigenvalue weighted by Gasteiger charge is -2.32. The number of fused-ring (bicyclic) bond motifs is 3. The lowest BCUT2D eigenvalue weighted by molar-refractivity contribution is -0.384. The number of rotatable bonds is 4. The van der Waals surface area contributed by atoms with Crippen molar-refractivity contribution in [3.63, 3.8) is 0 Å². The zero-order valence-electron chi connectivity index (χ0n) is 17.4. The van der Waals surface area contributed by atoms with Crippen LogP contribution < -0.4 is 4.90 Å². The van der Waals surface area contributed by atoms with Crippen molar-refractivity contribution in [2.75, 3.05) is 4.90 Å². The van der Waals surface area contributed by atoms with E-state index in [-0.39, 0.29) is 22.5 Å². The molecule has 0 aromatic heterocycles. The van der Waals surface area contributed by atoms with E-state index < -0.39 is 52.3 Å². The third-order valence-electron chi connectivity index (χ3n) is 6.35. The summed E-state index contributed by atoms with van der Waals surface area (Å²) in [6.45, 7) is 0. The van der Waals surface area contributed by atoms with Crippen LogP contribution in [0, 0.1) is 39.1 Å². The molecule has 0 saturated carbocycles. The van der Waals surface area contributed by atoms with Crippen LogP contribution >= 0.6 is 0 Å². The van der Waals surface area contributed by atoms with E-state index in [0.29, 0.717) is 0 Å². The third-order valence-corrected chi connectivity index (χ3v) is 6.35. The lowest BCUT2D eigenvalue weighted by Crippen LogP contribution is -2.46. The van der Waals surface area contributed by atoms with Gasteiger partial charge in [0.25, 0.3) is 5.69 Å². The van der Waals surface area contributed by atoms with Gasteiger partial charge in [-0.2, -0.15) is 5.26 Å². The molecule has 3 aliphatic heterocycles. The van der Waals surface area contributed by atoms with Gasteiger partial charge in [-0.1, -0.05) is 18.2 Å². The Kier molecular flexibility index (Phi) is 4.83. The number of carbonyl (C=O) groups excluding carboxylic acids is 3. The zero-order valence-corrected chi connectivity index (χ0v) is 17.4. The van der Waals surface area contributed by atoms with E-state index in [2.05, 4.69) is 0 Å². The predicted molar refractivity (Wildman–Crippen MR) is 116 cm³/mol. The Labute approximate surface area is 192 Å². The average molecular weight is 458 g/mol. The van der Waals surface area contributed by atoms with Gasteiger partial charge in [-0.3, -0.25) is 24.5 Å². The fraction of sp³-hybridized carbons (Fsp3) is 0.167. The summed E-state index contributed by atoms with van der Waals surface area (Å²) in [7, 11) is 0. The van der Waals surface area contributed by atoms with Crippen LogP contribution in [-0.2, 0) is 9.59 Å². The van der Waals surface area contributed by atoms with Gasteiger partial charge in [-0.25, -0.2) is 9.29 Å². The van der Waals surface area contributed by atoms with Crippen LogP contribution in [0.15, 0.2) is 72.5 Å². The number of nitriles is 1. The average Bonchev–Trinajstić information content (AvgIpc) is 3.30. The van der Waals surface area contributed by atoms with Crippen LogP contribution in [0.25, 0.3) is 0 Å². The molecular formula is C24H15FN4O5. The number of amides is 2. The van der Waals surface area contributed by atoms with Gasteiger partial charge in [0.15, 0.2) is 5.78 Å². The molecule has 4 atom stereocenters. The van der Waals surface area contributed by atoms with Crippen molar-refractivity contribution in [1.29, 1.82) is 5.26 Å². The number of ketones is 1. The van der Waals surface area contributed by atoms with Crippen molar-refractivity contribution in [2.45, 2.75) is 12.1 Å². The molecule has 168 valence electrons. The molecule has 0 radical (unpaired) electrons. The molecule has 0 bridgehead atoms. The van der Waals surface area contributed by atoms with Gasteiger partial charge in [-0.05, 0) is 30.4 Å². The molecule has 0 unspecified atom stereocenters. The number of carbonyl (C=O) groups is 3. The van der Waals surface area contributed by atoms with Crippen LogP contribution in [0.5, 0.6) is 0 Å². The number of Topliss-reactive ketones (excluding diaryl/α,β-unsaturated/α-hetero) is 1. The maximum atomic E-state index is 13.8. The molecule has 0 aliphatic carbocycles. The highest BCUT2D eigenvalue weighted by Crippen LogP contribution is 2.47. The van der Waals surface area contributed by atoms with Gasteiger partial charge < -0.3 is 4.90 Å². The number of non-ortho nitro benzene ring substituents is 1. The van der Waals surface area contributed by atoms with Gasteiger partial charge >= 0.3 is 0 Å². The van der Waals surface area contributed by atoms with Crippen molar-refractivity contribution in [3.8, 4) is 6.07 Å². The van der Waals surface area contributed by atoms with Gasteiger partial charge in [0.2, 0.25) is 11.8 Å². The molecule has 2 aromatic rings. The van der Waals surface area contributed by atoms with Gasteiger partial charge in [-0.15, -0.1) is 0 Å². The van der Waals surface area contributed by atoms with Crippen molar-refractivity contribution in [2.24, 2.45) is 11.8 Å². The maximum absolute atomic E-state index is 13.8. The van der Waals surface area contributed by atoms with Crippen molar-refractivity contribution in [3.05, 3.63) is 94.0 Å². The maximum Gasteiger partial charge on any atom is 0.270 e. The van der Waals surface area contributed by atoms with Gasteiger partial charge in [0, 0.05) is 23.9 Å². The number of hydrogen-bond acceptors (Lipinski definition) is 7. The number of imide groups is 1. The summed E-state index contributed by atoms with van der Waals surface area (Å²) in [6, 6.07) is 10.3. The molecule has 0 spiro atoms. The summed E-state index contributed by atoms with van der Waals surface area (Å²) >= 11 is 0. The monoisotopic (exact) mass is 458 g/mol. The fourth-order valence-electron chi connectivity index (χ4n) is 4.93. The van der Waals surface area contributed by atoms with E-state index in [1.807, 2.05) is 6.07 Å². The second-order valence-electron chi connectivity index (χ2n) is 8.15. The lowest BCUT2D eigenvalue weighted by atomic mass is 9.86. The number of allylic oxidation sites excluding steroid dienone is 2. The topological polar surface area (TPSA) is 125 Å². The first-order chi connectivity index (χ1) is 16.3. The number of hydrogen-bond donors (Lipinski definition) is 0. The molecule has 2 aromatic carbocycles. The first-order valence-electron chi connectivity index (χ1n) is 10.3. The molecule has 5 rings (SSSR count). The van der Waals surface area contributed by atoms with Gasteiger partial charge in [0.05, 0.1) is 40.1 Å². The molecule has 2 saturated heterocycles. The van der Waals surface area contributed by atoms with Crippen LogP contribution in [0.2, 0.25) is 0 Å². The number of benzene rings is 2. The molecule has 3 aliphatic rings. The Bertz CT molecular complexity index is 1380. The number of halogens is 1. The first-order valence-corrected chi connectivity index (χ1v) is 10.3. The SMILES string of the molecule is N#CC1=C[C@@H]2[C@@H]3C(=O)N(c4cccc(F)c4)C(=O)[C@@H]3[C@@H](C(=O)c3cccc([N+](=O)[O-])c3)N2C=C1. The second-order valence-corrected chi connectivity index (χ2v) is 8.15. The number of nitro benzene ring substituents is 1. The molecule has 0 N–H and O–H groups in total. The summed E-state index contributed by atoms with van der Waals surface area (Å²) in [5.74, 6) is -4.58. The first kappa shape index (κ1) is 21.2. The van der Waals surface area contributed by atoms with Crippen LogP contribution in [0.4, 0.5) is 15.8 Å². The van der Waals surface area contributed by atoms with Crippen molar-refractivity contribution in [1.82, 2.24) is 4.90 Å². The van der Waals surface area contributed by atoms with Crippen molar-refractivity contribution < 1.29 is 23.7 Å².